The number of hydrogen-bond acceptors (Lipinski definition) is 7. The number of carbonyl (C=O) groups is 1. The first-order valence-corrected chi connectivity index (χ1v) is 13.0. The Morgan fingerprint density at radius 3 is 2.45 bits per heavy atom. The zero-order valence-corrected chi connectivity index (χ0v) is 21.9. The van der Waals surface area contributed by atoms with Gasteiger partial charge in [-0.1, -0.05) is 29.0 Å². The summed E-state index contributed by atoms with van der Waals surface area (Å²) in [6, 6.07) is 11.6. The van der Waals surface area contributed by atoms with Crippen LogP contribution in [0, 0.1) is 0 Å². The summed E-state index contributed by atoms with van der Waals surface area (Å²) in [6.07, 6.45) is -0.146. The number of thiazole rings is 1. The molecule has 11 heteroatoms. The second-order valence-electron chi connectivity index (χ2n) is 7.40. The number of para-hydroxylation sites is 1. The SMILES string of the molecule is CCOc1cccc2sc(N(CCN(C)C)C(=O)CCS(=O)(=O)c3ccc(Cl)cc3)nc12.Cl. The summed E-state index contributed by atoms with van der Waals surface area (Å²) in [5.41, 5.74) is 0.700. The zero-order valence-electron chi connectivity index (χ0n) is 18.7. The molecule has 0 unspecified atom stereocenters. The highest BCUT2D eigenvalue weighted by molar-refractivity contribution is 7.91. The molecule has 180 valence electrons. The predicted octanol–water partition coefficient (Wildman–Crippen LogP) is 4.53. The van der Waals surface area contributed by atoms with Gasteiger partial charge in [-0.2, -0.15) is 0 Å². The van der Waals surface area contributed by atoms with Crippen LogP contribution in [0.15, 0.2) is 47.4 Å². The highest BCUT2D eigenvalue weighted by atomic mass is 35.5. The highest BCUT2D eigenvalue weighted by Gasteiger charge is 2.24. The molecule has 0 atom stereocenters. The second kappa shape index (κ2) is 12.0. The van der Waals surface area contributed by atoms with Crippen molar-refractivity contribution in [2.45, 2.75) is 18.2 Å². The van der Waals surface area contributed by atoms with Gasteiger partial charge < -0.3 is 9.64 Å². The van der Waals surface area contributed by atoms with Crippen LogP contribution in [-0.4, -0.2) is 63.8 Å². The van der Waals surface area contributed by atoms with E-state index >= 15 is 0 Å². The number of amides is 1. The van der Waals surface area contributed by atoms with Crippen LogP contribution in [0.2, 0.25) is 5.02 Å². The summed E-state index contributed by atoms with van der Waals surface area (Å²) in [5, 5.41) is 0.986. The minimum atomic E-state index is -3.61. The van der Waals surface area contributed by atoms with Crippen molar-refractivity contribution < 1.29 is 17.9 Å². The number of carbonyl (C=O) groups excluding carboxylic acids is 1. The Morgan fingerprint density at radius 2 is 1.82 bits per heavy atom. The van der Waals surface area contributed by atoms with Crippen LogP contribution < -0.4 is 9.64 Å². The minimum Gasteiger partial charge on any atom is -0.492 e. The van der Waals surface area contributed by atoms with E-state index in [1.807, 2.05) is 44.1 Å². The van der Waals surface area contributed by atoms with E-state index < -0.39 is 9.84 Å². The van der Waals surface area contributed by atoms with Gasteiger partial charge in [0.2, 0.25) is 5.91 Å². The van der Waals surface area contributed by atoms with Crippen molar-refractivity contribution in [3.63, 3.8) is 0 Å². The molecule has 0 saturated carbocycles. The molecule has 0 spiro atoms. The fourth-order valence-corrected chi connectivity index (χ4v) is 5.42. The molecule has 33 heavy (non-hydrogen) atoms. The van der Waals surface area contributed by atoms with Crippen LogP contribution in [0.3, 0.4) is 0 Å². The third-order valence-electron chi connectivity index (χ3n) is 4.73. The molecule has 2 aromatic carbocycles. The second-order valence-corrected chi connectivity index (χ2v) is 11.0. The van der Waals surface area contributed by atoms with E-state index in [1.54, 1.807) is 4.90 Å². The lowest BCUT2D eigenvalue weighted by Gasteiger charge is -2.22. The average molecular weight is 533 g/mol. The molecule has 3 aromatic rings. The van der Waals surface area contributed by atoms with E-state index in [0.717, 1.165) is 4.70 Å². The number of ether oxygens (including phenoxy) is 1. The van der Waals surface area contributed by atoms with E-state index in [2.05, 4.69) is 4.98 Å². The Balaban J connectivity index is 0.00000385. The predicted molar refractivity (Wildman–Crippen MR) is 137 cm³/mol. The number of benzene rings is 2. The molecule has 0 radical (unpaired) electrons. The Morgan fingerprint density at radius 1 is 1.12 bits per heavy atom. The Kier molecular flexibility index (Phi) is 9.93. The Bertz CT molecular complexity index is 1180. The quantitative estimate of drug-likeness (QED) is 0.382. The number of nitrogens with zero attached hydrogens (tertiary/aromatic N) is 3. The maximum Gasteiger partial charge on any atom is 0.229 e. The summed E-state index contributed by atoms with van der Waals surface area (Å²) >= 11 is 7.24. The van der Waals surface area contributed by atoms with Crippen molar-refractivity contribution in [1.82, 2.24) is 9.88 Å². The minimum absolute atomic E-state index is 0. The van der Waals surface area contributed by atoms with Crippen LogP contribution in [0.4, 0.5) is 5.13 Å². The highest BCUT2D eigenvalue weighted by Crippen LogP contribution is 2.34. The summed E-state index contributed by atoms with van der Waals surface area (Å²) < 4.78 is 31.9. The lowest BCUT2D eigenvalue weighted by atomic mass is 10.3. The molecular formula is C22H27Cl2N3O4S2. The summed E-state index contributed by atoms with van der Waals surface area (Å²) in [5.74, 6) is 0.0836. The van der Waals surface area contributed by atoms with E-state index in [0.29, 0.717) is 41.1 Å². The molecule has 0 saturated heterocycles. The molecule has 0 aliphatic heterocycles. The number of sulfone groups is 1. The van der Waals surface area contributed by atoms with Crippen molar-refractivity contribution in [3.05, 3.63) is 47.5 Å². The fourth-order valence-electron chi connectivity index (χ4n) is 3.04. The molecular weight excluding hydrogens is 505 g/mol. The van der Waals surface area contributed by atoms with Gasteiger partial charge in [0.1, 0.15) is 11.3 Å². The summed E-state index contributed by atoms with van der Waals surface area (Å²) in [7, 11) is 0.220. The number of likely N-dealkylation sites (N-methyl/N-ethyl adjacent to an activating group) is 1. The standard InChI is InChI=1S/C22H26ClN3O4S2.ClH/c1-4-30-18-6-5-7-19-21(18)24-22(31-19)26(14-13-25(2)3)20(27)12-15-32(28,29)17-10-8-16(23)9-11-17;/h5-11H,4,12-15H2,1-3H3;1H. The van der Waals surface area contributed by atoms with Gasteiger partial charge in [0, 0.05) is 24.5 Å². The number of fused-ring (bicyclic) bond motifs is 1. The first-order chi connectivity index (χ1) is 15.2. The molecule has 7 nitrogen and oxygen atoms in total. The molecule has 0 aliphatic carbocycles. The third-order valence-corrected chi connectivity index (χ3v) is 7.76. The molecule has 0 bridgehead atoms. The molecule has 1 heterocycles. The Labute approximate surface area is 209 Å². The average Bonchev–Trinajstić information content (AvgIpc) is 3.18. The number of aromatic nitrogens is 1. The number of halogens is 2. The maximum absolute atomic E-state index is 13.1. The summed E-state index contributed by atoms with van der Waals surface area (Å²) in [6.45, 7) is 3.43. The largest absolute Gasteiger partial charge is 0.492 e. The molecule has 3 rings (SSSR count). The van der Waals surface area contributed by atoms with Gasteiger partial charge in [0.05, 0.1) is 22.0 Å². The molecule has 0 N–H and O–H groups in total. The van der Waals surface area contributed by atoms with Crippen LogP contribution in [-0.2, 0) is 14.6 Å². The van der Waals surface area contributed by atoms with Gasteiger partial charge in [-0.05, 0) is 57.4 Å². The van der Waals surface area contributed by atoms with Gasteiger partial charge >= 0.3 is 0 Å². The van der Waals surface area contributed by atoms with Crippen LogP contribution in [0.1, 0.15) is 13.3 Å². The van der Waals surface area contributed by atoms with Crippen molar-refractivity contribution in [2.24, 2.45) is 0 Å². The van der Waals surface area contributed by atoms with Crippen LogP contribution in [0.25, 0.3) is 10.2 Å². The van der Waals surface area contributed by atoms with Crippen LogP contribution >= 0.6 is 35.3 Å². The third kappa shape index (κ3) is 7.04. The lowest BCUT2D eigenvalue weighted by molar-refractivity contribution is -0.118. The monoisotopic (exact) mass is 531 g/mol. The molecule has 0 fully saturated rings. The van der Waals surface area contributed by atoms with Gasteiger partial charge in [0.25, 0.3) is 0 Å². The van der Waals surface area contributed by atoms with Gasteiger partial charge in [-0.15, -0.1) is 12.4 Å². The maximum atomic E-state index is 13.1. The van der Waals surface area contributed by atoms with Crippen molar-refractivity contribution in [1.29, 1.82) is 0 Å². The van der Waals surface area contributed by atoms with E-state index in [-0.39, 0.29) is 35.4 Å². The molecule has 0 aliphatic rings. The normalized spacial score (nSPS) is 11.4. The van der Waals surface area contributed by atoms with E-state index in [1.165, 1.54) is 35.6 Å². The topological polar surface area (TPSA) is 79.8 Å². The number of rotatable bonds is 10. The first kappa shape index (κ1) is 27.3. The van der Waals surface area contributed by atoms with Crippen molar-refractivity contribution in [2.75, 3.05) is 44.4 Å². The van der Waals surface area contributed by atoms with Gasteiger partial charge in [-0.25, -0.2) is 13.4 Å². The smallest absolute Gasteiger partial charge is 0.229 e. The van der Waals surface area contributed by atoms with E-state index in [9.17, 15) is 13.2 Å². The lowest BCUT2D eigenvalue weighted by Crippen LogP contribution is -2.37. The number of hydrogen-bond donors (Lipinski definition) is 0. The first-order valence-electron chi connectivity index (χ1n) is 10.2. The van der Waals surface area contributed by atoms with Crippen LogP contribution in [0.5, 0.6) is 5.75 Å². The van der Waals surface area contributed by atoms with E-state index in [4.69, 9.17) is 16.3 Å². The Hall–Kier alpha value is -1.91. The number of anilines is 1. The van der Waals surface area contributed by atoms with Crippen molar-refractivity contribution in [3.8, 4) is 5.75 Å². The fraction of sp³-hybridized carbons (Fsp3) is 0.364. The molecule has 1 aromatic heterocycles. The van der Waals surface area contributed by atoms with Crippen molar-refractivity contribution >= 4 is 66.4 Å². The van der Waals surface area contributed by atoms with Gasteiger partial charge in [-0.3, -0.25) is 9.69 Å². The summed E-state index contributed by atoms with van der Waals surface area (Å²) in [4.78, 5) is 21.5. The van der Waals surface area contributed by atoms with Gasteiger partial charge in [0.15, 0.2) is 15.0 Å². The zero-order chi connectivity index (χ0) is 23.3. The molecule has 1 amide bonds.